The molecule has 0 bridgehead atoms. The molecule has 1 aliphatic heterocycles. The Labute approximate surface area is 193 Å². The normalized spacial score (nSPS) is 20.6. The van der Waals surface area contributed by atoms with E-state index in [0.29, 0.717) is 30.7 Å². The zero-order chi connectivity index (χ0) is 23.3. The lowest BCUT2D eigenvalue weighted by Crippen LogP contribution is -2.57. The van der Waals surface area contributed by atoms with E-state index in [-0.39, 0.29) is 17.7 Å². The second kappa shape index (κ2) is 10.8. The van der Waals surface area contributed by atoms with E-state index in [0.717, 1.165) is 30.8 Å². The molecule has 1 heterocycles. The van der Waals surface area contributed by atoms with Gasteiger partial charge >= 0.3 is 0 Å². The molecule has 1 amide bonds. The molecule has 1 fully saturated rings. The van der Waals surface area contributed by atoms with E-state index in [2.05, 4.69) is 48.4 Å². The van der Waals surface area contributed by atoms with E-state index in [9.17, 15) is 9.90 Å². The van der Waals surface area contributed by atoms with Crippen LogP contribution in [0.15, 0.2) is 61.2 Å². The summed E-state index contributed by atoms with van der Waals surface area (Å²) in [5, 5.41) is 10.2. The minimum absolute atomic E-state index is 0.00281. The highest BCUT2D eigenvalue weighted by Gasteiger charge is 2.34. The Bertz CT molecular complexity index is 907. The Hall–Kier alpha value is -2.63. The van der Waals surface area contributed by atoms with Crippen molar-refractivity contribution in [1.82, 2.24) is 14.7 Å². The summed E-state index contributed by atoms with van der Waals surface area (Å²) in [6, 6.07) is 16.3. The van der Waals surface area contributed by atoms with E-state index in [1.807, 2.05) is 49.1 Å². The van der Waals surface area contributed by atoms with Gasteiger partial charge in [0.2, 0.25) is 0 Å². The molecule has 2 aromatic carbocycles. The third-order valence-corrected chi connectivity index (χ3v) is 6.57. The standard InChI is InChI=1S/C27H37N3O2/c1-6-16-29-18-21(5)30(19-20(29)4)26(24-10-9-11-25(31)17-24)22-12-14-23(15-13-22)27(32)28(7-2)8-3/h6,9-15,17,20-21,26,31H,1,7-8,16,18-19H2,2-5H3/t20?,21-,26+/m1/s1. The van der Waals surface area contributed by atoms with Crippen molar-refractivity contribution in [1.29, 1.82) is 0 Å². The molecule has 32 heavy (non-hydrogen) atoms. The SMILES string of the molecule is C=CCN1C[C@@H](C)N([C@@H](c2ccc(C(=O)N(CC)CC)cc2)c2cccc(O)c2)CC1C. The van der Waals surface area contributed by atoms with Crippen LogP contribution < -0.4 is 0 Å². The topological polar surface area (TPSA) is 47.0 Å². The first-order valence-electron chi connectivity index (χ1n) is 11.7. The average Bonchev–Trinajstić information content (AvgIpc) is 2.78. The van der Waals surface area contributed by atoms with Gasteiger partial charge in [0, 0.05) is 50.4 Å². The third kappa shape index (κ3) is 5.22. The van der Waals surface area contributed by atoms with Gasteiger partial charge in [-0.25, -0.2) is 0 Å². The summed E-state index contributed by atoms with van der Waals surface area (Å²) in [6.07, 6.45) is 1.97. The average molecular weight is 436 g/mol. The number of hydrogen-bond acceptors (Lipinski definition) is 4. The van der Waals surface area contributed by atoms with E-state index >= 15 is 0 Å². The smallest absolute Gasteiger partial charge is 0.253 e. The maximum Gasteiger partial charge on any atom is 0.253 e. The summed E-state index contributed by atoms with van der Waals surface area (Å²) in [7, 11) is 0. The fraction of sp³-hybridized carbons (Fsp3) is 0.444. The molecule has 0 radical (unpaired) electrons. The predicted molar refractivity (Wildman–Crippen MR) is 131 cm³/mol. The number of carbonyl (C=O) groups is 1. The number of phenolic OH excluding ortho intramolecular Hbond substituents is 1. The lowest BCUT2D eigenvalue weighted by atomic mass is 9.92. The number of aromatic hydroxyl groups is 1. The molecule has 1 saturated heterocycles. The maximum absolute atomic E-state index is 12.8. The van der Waals surface area contributed by atoms with Gasteiger partial charge in [-0.2, -0.15) is 0 Å². The van der Waals surface area contributed by atoms with Gasteiger partial charge in [0.25, 0.3) is 5.91 Å². The number of piperazine rings is 1. The van der Waals surface area contributed by atoms with Crippen molar-refractivity contribution < 1.29 is 9.90 Å². The highest BCUT2D eigenvalue weighted by Crippen LogP contribution is 2.34. The Morgan fingerprint density at radius 3 is 2.38 bits per heavy atom. The first-order chi connectivity index (χ1) is 15.4. The predicted octanol–water partition coefficient (Wildman–Crippen LogP) is 4.54. The lowest BCUT2D eigenvalue weighted by Gasteiger charge is -2.47. The number of hydrogen-bond donors (Lipinski definition) is 1. The molecule has 172 valence electrons. The number of nitrogens with zero attached hydrogens (tertiary/aromatic N) is 3. The Morgan fingerprint density at radius 2 is 1.78 bits per heavy atom. The number of carbonyl (C=O) groups excluding carboxylic acids is 1. The van der Waals surface area contributed by atoms with Crippen LogP contribution in [-0.2, 0) is 0 Å². The molecule has 3 rings (SSSR count). The highest BCUT2D eigenvalue weighted by atomic mass is 16.3. The van der Waals surface area contributed by atoms with Gasteiger partial charge in [-0.15, -0.1) is 6.58 Å². The number of benzene rings is 2. The molecule has 3 atom stereocenters. The number of rotatable bonds is 8. The van der Waals surface area contributed by atoms with Gasteiger partial charge in [0.05, 0.1) is 6.04 Å². The fourth-order valence-corrected chi connectivity index (χ4v) is 4.78. The summed E-state index contributed by atoms with van der Waals surface area (Å²) in [5.74, 6) is 0.335. The molecule has 5 heteroatoms. The summed E-state index contributed by atoms with van der Waals surface area (Å²) >= 11 is 0. The summed E-state index contributed by atoms with van der Waals surface area (Å²) in [4.78, 5) is 19.6. The molecule has 2 aromatic rings. The van der Waals surface area contributed by atoms with Gasteiger partial charge in [-0.3, -0.25) is 14.6 Å². The van der Waals surface area contributed by atoms with E-state index in [1.165, 1.54) is 0 Å². The monoisotopic (exact) mass is 435 g/mol. The zero-order valence-electron chi connectivity index (χ0n) is 19.9. The van der Waals surface area contributed by atoms with Crippen LogP contribution >= 0.6 is 0 Å². The quantitative estimate of drug-likeness (QED) is 0.618. The van der Waals surface area contributed by atoms with Gasteiger partial charge in [-0.1, -0.05) is 30.3 Å². The molecule has 0 aromatic heterocycles. The van der Waals surface area contributed by atoms with Gasteiger partial charge < -0.3 is 10.0 Å². The Kier molecular flexibility index (Phi) is 8.10. The molecular weight excluding hydrogens is 398 g/mol. The van der Waals surface area contributed by atoms with Crippen molar-refractivity contribution >= 4 is 5.91 Å². The molecule has 0 saturated carbocycles. The van der Waals surface area contributed by atoms with Crippen molar-refractivity contribution in [2.45, 2.75) is 45.8 Å². The van der Waals surface area contributed by atoms with Crippen molar-refractivity contribution in [3.05, 3.63) is 77.9 Å². The van der Waals surface area contributed by atoms with Gasteiger partial charge in [0.15, 0.2) is 0 Å². The molecule has 1 unspecified atom stereocenters. The van der Waals surface area contributed by atoms with E-state index in [1.54, 1.807) is 6.07 Å². The zero-order valence-corrected chi connectivity index (χ0v) is 19.9. The summed E-state index contributed by atoms with van der Waals surface area (Å²) in [6.45, 7) is 16.6. The van der Waals surface area contributed by atoms with Crippen LogP contribution in [0.25, 0.3) is 0 Å². The van der Waals surface area contributed by atoms with Crippen LogP contribution in [0.1, 0.15) is 55.2 Å². The second-order valence-corrected chi connectivity index (χ2v) is 8.73. The molecule has 0 aliphatic carbocycles. The van der Waals surface area contributed by atoms with E-state index in [4.69, 9.17) is 0 Å². The molecular formula is C27H37N3O2. The van der Waals surface area contributed by atoms with Gasteiger partial charge in [-0.05, 0) is 63.1 Å². The first kappa shape index (κ1) is 24.0. The van der Waals surface area contributed by atoms with Crippen LogP contribution in [0.5, 0.6) is 5.75 Å². The van der Waals surface area contributed by atoms with E-state index < -0.39 is 0 Å². The second-order valence-electron chi connectivity index (χ2n) is 8.73. The van der Waals surface area contributed by atoms with Crippen molar-refractivity contribution in [2.24, 2.45) is 0 Å². The van der Waals surface area contributed by atoms with Crippen molar-refractivity contribution in [3.63, 3.8) is 0 Å². The van der Waals surface area contributed by atoms with Crippen molar-refractivity contribution in [3.8, 4) is 5.75 Å². The number of phenols is 1. The lowest BCUT2D eigenvalue weighted by molar-refractivity contribution is 0.0306. The largest absolute Gasteiger partial charge is 0.508 e. The van der Waals surface area contributed by atoms with Crippen LogP contribution in [0.4, 0.5) is 0 Å². The molecule has 5 nitrogen and oxygen atoms in total. The fourth-order valence-electron chi connectivity index (χ4n) is 4.78. The summed E-state index contributed by atoms with van der Waals surface area (Å²) in [5.41, 5.74) is 2.90. The summed E-state index contributed by atoms with van der Waals surface area (Å²) < 4.78 is 0. The third-order valence-electron chi connectivity index (χ3n) is 6.57. The first-order valence-corrected chi connectivity index (χ1v) is 11.7. The minimum Gasteiger partial charge on any atom is -0.508 e. The Balaban J connectivity index is 1.96. The van der Waals surface area contributed by atoms with Crippen LogP contribution in [0, 0.1) is 0 Å². The van der Waals surface area contributed by atoms with Crippen LogP contribution in [-0.4, -0.2) is 70.5 Å². The van der Waals surface area contributed by atoms with Crippen molar-refractivity contribution in [2.75, 3.05) is 32.7 Å². The molecule has 0 spiro atoms. The van der Waals surface area contributed by atoms with Crippen LogP contribution in [0.2, 0.25) is 0 Å². The molecule has 1 N–H and O–H groups in total. The van der Waals surface area contributed by atoms with Crippen LogP contribution in [0.3, 0.4) is 0 Å². The number of amides is 1. The van der Waals surface area contributed by atoms with Gasteiger partial charge in [0.1, 0.15) is 5.75 Å². The maximum atomic E-state index is 12.8. The minimum atomic E-state index is 0.00281. The molecule has 1 aliphatic rings. The Morgan fingerprint density at radius 1 is 1.09 bits per heavy atom. The highest BCUT2D eigenvalue weighted by molar-refractivity contribution is 5.94.